The van der Waals surface area contributed by atoms with E-state index in [1.165, 1.54) is 0 Å². The van der Waals surface area contributed by atoms with E-state index in [2.05, 4.69) is 4.90 Å². The lowest BCUT2D eigenvalue weighted by Crippen LogP contribution is -2.38. The number of furan rings is 1. The van der Waals surface area contributed by atoms with Gasteiger partial charge in [-0.15, -0.1) is 0 Å². The van der Waals surface area contributed by atoms with E-state index in [-0.39, 0.29) is 11.8 Å². The Kier molecular flexibility index (Phi) is 4.99. The lowest BCUT2D eigenvalue weighted by atomic mass is 10.0. The van der Waals surface area contributed by atoms with Crippen molar-refractivity contribution in [2.24, 2.45) is 0 Å². The predicted molar refractivity (Wildman–Crippen MR) is 80.0 cm³/mol. The highest BCUT2D eigenvalue weighted by Gasteiger charge is 2.22. The maximum atomic E-state index is 12.5. The van der Waals surface area contributed by atoms with Gasteiger partial charge in [0, 0.05) is 10.6 Å². The molecule has 0 saturated carbocycles. The Hall–Kier alpha value is -1.58. The zero-order chi connectivity index (χ0) is 14.5. The summed E-state index contributed by atoms with van der Waals surface area (Å²) in [6, 6.07) is 10.6. The van der Waals surface area contributed by atoms with E-state index in [9.17, 15) is 4.79 Å². The van der Waals surface area contributed by atoms with E-state index >= 15 is 0 Å². The Labute approximate surface area is 124 Å². The summed E-state index contributed by atoms with van der Waals surface area (Å²) >= 11 is 5.94. The van der Waals surface area contributed by atoms with Crippen LogP contribution in [-0.4, -0.2) is 23.3 Å². The normalized spacial score (nSPS) is 12.6. The summed E-state index contributed by atoms with van der Waals surface area (Å²) in [6.45, 7) is 5.34. The van der Waals surface area contributed by atoms with Crippen molar-refractivity contribution in [2.45, 2.75) is 26.4 Å². The number of ketones is 1. The van der Waals surface area contributed by atoms with Crippen LogP contribution in [0.25, 0.3) is 0 Å². The highest BCUT2D eigenvalue weighted by atomic mass is 35.5. The van der Waals surface area contributed by atoms with Gasteiger partial charge in [0.05, 0.1) is 18.8 Å². The Bertz CT molecular complexity index is 566. The molecule has 1 atom stereocenters. The van der Waals surface area contributed by atoms with Crippen molar-refractivity contribution in [3.8, 4) is 0 Å². The van der Waals surface area contributed by atoms with Crippen molar-refractivity contribution in [3.05, 3.63) is 59.0 Å². The number of carbonyl (C=O) groups excluding carboxylic acids is 1. The molecule has 0 aliphatic heterocycles. The van der Waals surface area contributed by atoms with Gasteiger partial charge in [-0.2, -0.15) is 0 Å². The van der Waals surface area contributed by atoms with Crippen molar-refractivity contribution in [2.75, 3.05) is 6.54 Å². The number of halogens is 1. The molecule has 2 rings (SSSR count). The second kappa shape index (κ2) is 6.73. The third-order valence-corrected chi connectivity index (χ3v) is 3.62. The van der Waals surface area contributed by atoms with Gasteiger partial charge < -0.3 is 4.42 Å². The number of hydrogen-bond donors (Lipinski definition) is 0. The van der Waals surface area contributed by atoms with Crippen molar-refractivity contribution in [1.29, 1.82) is 0 Å². The molecule has 0 amide bonds. The fourth-order valence-electron chi connectivity index (χ4n) is 2.17. The van der Waals surface area contributed by atoms with Gasteiger partial charge in [0.15, 0.2) is 5.78 Å². The standard InChI is InChI=1S/C16H18ClNO2/c1-3-18(11-15-8-5-9-20-15)12(2)16(19)13-6-4-7-14(17)10-13/h4-10,12H,3,11H2,1-2H3. The number of hydrogen-bond acceptors (Lipinski definition) is 3. The van der Waals surface area contributed by atoms with Gasteiger partial charge in [-0.05, 0) is 37.7 Å². The van der Waals surface area contributed by atoms with E-state index in [1.807, 2.05) is 26.0 Å². The second-order valence-corrected chi connectivity index (χ2v) is 5.13. The maximum absolute atomic E-state index is 12.5. The van der Waals surface area contributed by atoms with Gasteiger partial charge in [-0.3, -0.25) is 9.69 Å². The molecule has 1 aromatic heterocycles. The molecule has 0 bridgehead atoms. The van der Waals surface area contributed by atoms with Gasteiger partial charge >= 0.3 is 0 Å². The van der Waals surface area contributed by atoms with Crippen molar-refractivity contribution >= 4 is 17.4 Å². The number of Topliss-reactive ketones (excluding diaryl/α,β-unsaturated/α-hetero) is 1. The zero-order valence-corrected chi connectivity index (χ0v) is 12.4. The first-order valence-electron chi connectivity index (χ1n) is 6.68. The summed E-state index contributed by atoms with van der Waals surface area (Å²) in [5.41, 5.74) is 0.642. The monoisotopic (exact) mass is 291 g/mol. The number of benzene rings is 1. The SMILES string of the molecule is CCN(Cc1ccco1)C(C)C(=O)c1cccc(Cl)c1. The van der Waals surface area contributed by atoms with Gasteiger partial charge in [0.25, 0.3) is 0 Å². The Morgan fingerprint density at radius 1 is 1.35 bits per heavy atom. The molecule has 0 saturated heterocycles. The first-order valence-corrected chi connectivity index (χ1v) is 7.05. The van der Waals surface area contributed by atoms with Crippen LogP contribution >= 0.6 is 11.6 Å². The summed E-state index contributed by atoms with van der Waals surface area (Å²) < 4.78 is 5.35. The minimum absolute atomic E-state index is 0.0703. The Morgan fingerprint density at radius 2 is 2.15 bits per heavy atom. The molecule has 20 heavy (non-hydrogen) atoms. The van der Waals surface area contributed by atoms with E-state index in [1.54, 1.807) is 30.5 Å². The Balaban J connectivity index is 2.11. The molecule has 0 radical (unpaired) electrons. The first-order chi connectivity index (χ1) is 9.61. The fourth-order valence-corrected chi connectivity index (χ4v) is 2.36. The summed E-state index contributed by atoms with van der Waals surface area (Å²) in [5.74, 6) is 0.929. The molecule has 1 unspecified atom stereocenters. The molecule has 1 aromatic carbocycles. The molecule has 2 aromatic rings. The van der Waals surface area contributed by atoms with Crippen LogP contribution in [0, 0.1) is 0 Å². The van der Waals surface area contributed by atoms with E-state index in [0.717, 1.165) is 12.3 Å². The lowest BCUT2D eigenvalue weighted by molar-refractivity contribution is 0.0826. The summed E-state index contributed by atoms with van der Waals surface area (Å²) in [7, 11) is 0. The van der Waals surface area contributed by atoms with Crippen LogP contribution in [0.1, 0.15) is 30.0 Å². The first kappa shape index (κ1) is 14.8. The van der Waals surface area contributed by atoms with E-state index in [0.29, 0.717) is 17.1 Å². The average Bonchev–Trinajstić information content (AvgIpc) is 2.96. The van der Waals surface area contributed by atoms with Crippen molar-refractivity contribution < 1.29 is 9.21 Å². The van der Waals surface area contributed by atoms with Crippen LogP contribution in [0.5, 0.6) is 0 Å². The van der Waals surface area contributed by atoms with Crippen LogP contribution in [-0.2, 0) is 6.54 Å². The largest absolute Gasteiger partial charge is 0.468 e. The summed E-state index contributed by atoms with van der Waals surface area (Å²) in [6.07, 6.45) is 1.65. The molecule has 106 valence electrons. The summed E-state index contributed by atoms with van der Waals surface area (Å²) in [5, 5.41) is 0.581. The molecule has 0 aliphatic carbocycles. The minimum atomic E-state index is -0.219. The van der Waals surface area contributed by atoms with E-state index in [4.69, 9.17) is 16.0 Å². The minimum Gasteiger partial charge on any atom is -0.468 e. The van der Waals surface area contributed by atoms with E-state index < -0.39 is 0 Å². The van der Waals surface area contributed by atoms with Crippen LogP contribution < -0.4 is 0 Å². The van der Waals surface area contributed by atoms with Crippen molar-refractivity contribution in [1.82, 2.24) is 4.90 Å². The number of likely N-dealkylation sites (N-methyl/N-ethyl adjacent to an activating group) is 1. The van der Waals surface area contributed by atoms with Crippen LogP contribution in [0.4, 0.5) is 0 Å². The van der Waals surface area contributed by atoms with Crippen LogP contribution in [0.2, 0.25) is 5.02 Å². The Morgan fingerprint density at radius 3 is 2.75 bits per heavy atom. The quantitative estimate of drug-likeness (QED) is 0.754. The second-order valence-electron chi connectivity index (χ2n) is 4.69. The number of carbonyl (C=O) groups is 1. The van der Waals surface area contributed by atoms with Gasteiger partial charge in [0.2, 0.25) is 0 Å². The lowest BCUT2D eigenvalue weighted by Gasteiger charge is -2.25. The molecule has 0 N–H and O–H groups in total. The predicted octanol–water partition coefficient (Wildman–Crippen LogP) is 4.03. The number of rotatable bonds is 6. The van der Waals surface area contributed by atoms with Crippen LogP contribution in [0.15, 0.2) is 47.1 Å². The molecule has 0 spiro atoms. The highest BCUT2D eigenvalue weighted by molar-refractivity contribution is 6.31. The molecule has 0 aliphatic rings. The molecular formula is C16H18ClNO2. The molecule has 4 heteroatoms. The molecule has 3 nitrogen and oxygen atoms in total. The third kappa shape index (κ3) is 3.50. The molecular weight excluding hydrogens is 274 g/mol. The smallest absolute Gasteiger partial charge is 0.179 e. The van der Waals surface area contributed by atoms with Gasteiger partial charge in [-0.1, -0.05) is 30.7 Å². The van der Waals surface area contributed by atoms with Crippen molar-refractivity contribution in [3.63, 3.8) is 0 Å². The third-order valence-electron chi connectivity index (χ3n) is 3.38. The average molecular weight is 292 g/mol. The summed E-state index contributed by atoms with van der Waals surface area (Å²) in [4.78, 5) is 14.6. The topological polar surface area (TPSA) is 33.5 Å². The van der Waals surface area contributed by atoms with Gasteiger partial charge in [0.1, 0.15) is 5.76 Å². The van der Waals surface area contributed by atoms with Crippen LogP contribution in [0.3, 0.4) is 0 Å². The number of nitrogens with zero attached hydrogens (tertiary/aromatic N) is 1. The fraction of sp³-hybridized carbons (Fsp3) is 0.312. The molecule has 0 fully saturated rings. The zero-order valence-electron chi connectivity index (χ0n) is 11.7. The van der Waals surface area contributed by atoms with Gasteiger partial charge in [-0.25, -0.2) is 0 Å². The highest BCUT2D eigenvalue weighted by Crippen LogP contribution is 2.16. The maximum Gasteiger partial charge on any atom is 0.179 e. The molecule has 1 heterocycles.